The Kier molecular flexibility index (Phi) is 5.74. The number of rotatable bonds is 5. The first-order chi connectivity index (χ1) is 14.0. The van der Waals surface area contributed by atoms with Crippen molar-refractivity contribution < 1.29 is 28.2 Å². The van der Waals surface area contributed by atoms with E-state index in [1.54, 1.807) is 39.8 Å². The van der Waals surface area contributed by atoms with Crippen molar-refractivity contribution in [3.8, 4) is 16.9 Å². The zero-order chi connectivity index (χ0) is 22.3. The average Bonchev–Trinajstić information content (AvgIpc) is 2.66. The molecule has 2 aromatic rings. The van der Waals surface area contributed by atoms with Gasteiger partial charge in [-0.25, -0.2) is 0 Å². The number of aryl methyl sites for hydroxylation is 1. The molecule has 0 aromatic heterocycles. The van der Waals surface area contributed by atoms with E-state index >= 15 is 0 Å². The number of ether oxygens (including phenoxy) is 2. The molecular weight excluding hydrogens is 390 g/mol. The predicted octanol–water partition coefficient (Wildman–Crippen LogP) is 5.94. The third kappa shape index (κ3) is 4.10. The van der Waals surface area contributed by atoms with Crippen LogP contribution in [0.4, 0.5) is 8.78 Å². The second kappa shape index (κ2) is 7.84. The summed E-state index contributed by atoms with van der Waals surface area (Å²) in [6.07, 6.45) is 0.669. The van der Waals surface area contributed by atoms with E-state index in [-0.39, 0.29) is 22.9 Å². The van der Waals surface area contributed by atoms with E-state index in [1.165, 1.54) is 12.1 Å². The molecule has 0 saturated carbocycles. The molecule has 0 saturated heterocycles. The number of ketones is 1. The summed E-state index contributed by atoms with van der Waals surface area (Å²) in [5, 5.41) is 10.9. The molecule has 0 unspecified atom stereocenters. The van der Waals surface area contributed by atoms with Crippen molar-refractivity contribution in [2.45, 2.75) is 58.9 Å². The molecule has 160 valence electrons. The summed E-state index contributed by atoms with van der Waals surface area (Å²) in [7, 11) is 0. The van der Waals surface area contributed by atoms with Crippen molar-refractivity contribution in [3.05, 3.63) is 59.4 Å². The number of carbonyl (C=O) groups excluding carboxylic acids is 1. The number of hydrogen-bond donors (Lipinski definition) is 1. The number of Topliss-reactive ketones (excluding diaryl/α,β-unsaturated/α-hetero) is 1. The molecule has 0 amide bonds. The Labute approximate surface area is 175 Å². The van der Waals surface area contributed by atoms with E-state index < -0.39 is 17.8 Å². The molecular formula is C24H26F2O4. The van der Waals surface area contributed by atoms with Crippen LogP contribution in [0, 0.1) is 0 Å². The summed E-state index contributed by atoms with van der Waals surface area (Å²) in [5.74, 6) is -0.311. The van der Waals surface area contributed by atoms with Crippen LogP contribution < -0.4 is 4.74 Å². The molecule has 1 heterocycles. The molecule has 0 spiro atoms. The Balaban J connectivity index is 2.13. The van der Waals surface area contributed by atoms with Gasteiger partial charge in [0, 0.05) is 0 Å². The lowest BCUT2D eigenvalue weighted by atomic mass is 9.80. The maximum Gasteiger partial charge on any atom is 0.387 e. The van der Waals surface area contributed by atoms with E-state index in [0.29, 0.717) is 12.0 Å². The fourth-order valence-corrected chi connectivity index (χ4v) is 3.82. The van der Waals surface area contributed by atoms with Gasteiger partial charge in [-0.2, -0.15) is 8.78 Å². The molecule has 1 aliphatic rings. The van der Waals surface area contributed by atoms with E-state index in [0.717, 1.165) is 16.7 Å². The van der Waals surface area contributed by atoms with Gasteiger partial charge in [0.2, 0.25) is 0 Å². The smallest absolute Gasteiger partial charge is 0.387 e. The van der Waals surface area contributed by atoms with Gasteiger partial charge in [-0.05, 0) is 74.6 Å². The first-order valence-electron chi connectivity index (χ1n) is 9.83. The highest BCUT2D eigenvalue weighted by atomic mass is 19.3. The Morgan fingerprint density at radius 1 is 1.00 bits per heavy atom. The quantitative estimate of drug-likeness (QED) is 0.655. The Bertz CT molecular complexity index is 989. The highest BCUT2D eigenvalue weighted by Gasteiger charge is 2.47. The SMILES string of the molecule is CCc1ccc(-c2ccc(OC(F)F)cc2)cc1C1=C(O)C(C)(C)OC(C)(C)C1=O. The van der Waals surface area contributed by atoms with Crippen LogP contribution in [-0.4, -0.2) is 28.7 Å². The highest BCUT2D eigenvalue weighted by Crippen LogP contribution is 2.41. The minimum absolute atomic E-state index is 0.0719. The van der Waals surface area contributed by atoms with E-state index in [4.69, 9.17) is 4.74 Å². The number of benzene rings is 2. The summed E-state index contributed by atoms with van der Waals surface area (Å²) in [5.41, 5.74) is 1.30. The Morgan fingerprint density at radius 2 is 1.60 bits per heavy atom. The van der Waals surface area contributed by atoms with Gasteiger partial charge in [-0.15, -0.1) is 0 Å². The van der Waals surface area contributed by atoms with Gasteiger partial charge in [-0.3, -0.25) is 4.79 Å². The third-order valence-electron chi connectivity index (χ3n) is 5.26. The highest BCUT2D eigenvalue weighted by molar-refractivity contribution is 6.26. The predicted molar refractivity (Wildman–Crippen MR) is 112 cm³/mol. The normalized spacial score (nSPS) is 18.1. The molecule has 0 bridgehead atoms. The summed E-state index contributed by atoms with van der Waals surface area (Å²) < 4.78 is 35.0. The summed E-state index contributed by atoms with van der Waals surface area (Å²) in [4.78, 5) is 13.2. The van der Waals surface area contributed by atoms with Crippen molar-refractivity contribution in [3.63, 3.8) is 0 Å². The number of carbonyl (C=O) groups is 1. The lowest BCUT2D eigenvalue weighted by Gasteiger charge is -2.40. The first-order valence-corrected chi connectivity index (χ1v) is 9.83. The van der Waals surface area contributed by atoms with Crippen LogP contribution in [0.25, 0.3) is 16.7 Å². The first kappa shape index (κ1) is 22.0. The van der Waals surface area contributed by atoms with Crippen LogP contribution in [0.5, 0.6) is 5.75 Å². The van der Waals surface area contributed by atoms with Crippen LogP contribution in [0.1, 0.15) is 45.7 Å². The van der Waals surface area contributed by atoms with Crippen LogP contribution >= 0.6 is 0 Å². The number of halogens is 2. The Hall–Kier alpha value is -2.73. The summed E-state index contributed by atoms with van der Waals surface area (Å²) in [6, 6.07) is 12.0. The molecule has 4 nitrogen and oxygen atoms in total. The summed E-state index contributed by atoms with van der Waals surface area (Å²) >= 11 is 0. The lowest BCUT2D eigenvalue weighted by Crippen LogP contribution is -2.49. The third-order valence-corrected chi connectivity index (χ3v) is 5.26. The van der Waals surface area contributed by atoms with Gasteiger partial charge in [0.25, 0.3) is 0 Å². The van der Waals surface area contributed by atoms with Crippen LogP contribution in [0.3, 0.4) is 0 Å². The van der Waals surface area contributed by atoms with E-state index in [2.05, 4.69) is 4.74 Å². The average molecular weight is 416 g/mol. The molecule has 0 fully saturated rings. The van der Waals surface area contributed by atoms with Crippen LogP contribution in [-0.2, 0) is 16.0 Å². The van der Waals surface area contributed by atoms with Crippen molar-refractivity contribution in [1.29, 1.82) is 0 Å². The fourth-order valence-electron chi connectivity index (χ4n) is 3.82. The van der Waals surface area contributed by atoms with Gasteiger partial charge in [-0.1, -0.05) is 31.2 Å². The number of hydrogen-bond acceptors (Lipinski definition) is 4. The molecule has 2 aromatic carbocycles. The number of alkyl halides is 2. The molecule has 1 N–H and O–H groups in total. The molecule has 1 aliphatic heterocycles. The largest absolute Gasteiger partial charge is 0.508 e. The zero-order valence-corrected chi connectivity index (χ0v) is 17.8. The lowest BCUT2D eigenvalue weighted by molar-refractivity contribution is -0.158. The topological polar surface area (TPSA) is 55.8 Å². The van der Waals surface area contributed by atoms with E-state index in [9.17, 15) is 18.7 Å². The zero-order valence-electron chi connectivity index (χ0n) is 17.8. The molecule has 3 rings (SSSR count). The van der Waals surface area contributed by atoms with Crippen molar-refractivity contribution in [2.24, 2.45) is 0 Å². The maximum atomic E-state index is 13.2. The van der Waals surface area contributed by atoms with Crippen LogP contribution in [0.15, 0.2) is 48.2 Å². The molecule has 0 radical (unpaired) electrons. The van der Waals surface area contributed by atoms with Crippen LogP contribution in [0.2, 0.25) is 0 Å². The Morgan fingerprint density at radius 3 is 2.17 bits per heavy atom. The monoisotopic (exact) mass is 416 g/mol. The molecule has 6 heteroatoms. The minimum Gasteiger partial charge on any atom is -0.508 e. The minimum atomic E-state index is -2.88. The van der Waals surface area contributed by atoms with Crippen molar-refractivity contribution in [1.82, 2.24) is 0 Å². The second-order valence-corrected chi connectivity index (χ2v) is 8.30. The van der Waals surface area contributed by atoms with E-state index in [1.807, 2.05) is 25.1 Å². The number of aliphatic hydroxyl groups excluding tert-OH is 1. The molecule has 0 aliphatic carbocycles. The maximum absolute atomic E-state index is 13.2. The number of aliphatic hydroxyl groups is 1. The van der Waals surface area contributed by atoms with Gasteiger partial charge < -0.3 is 14.6 Å². The molecule has 0 atom stereocenters. The summed E-state index contributed by atoms with van der Waals surface area (Å²) in [6.45, 7) is 5.95. The van der Waals surface area contributed by atoms with Gasteiger partial charge >= 0.3 is 6.61 Å². The standard InChI is InChI=1S/C24H26F2O4/c1-6-14-7-8-16(15-9-11-17(12-10-15)29-22(25)26)13-18(14)19-20(27)23(2,3)30-24(4,5)21(19)28/h7-13,22,27H,6H2,1-5H3. The van der Waals surface area contributed by atoms with Gasteiger partial charge in [0.15, 0.2) is 5.78 Å². The van der Waals surface area contributed by atoms with Gasteiger partial charge in [0.1, 0.15) is 22.7 Å². The fraction of sp³-hybridized carbons (Fsp3) is 0.375. The van der Waals surface area contributed by atoms with Crippen molar-refractivity contribution >= 4 is 11.4 Å². The van der Waals surface area contributed by atoms with Gasteiger partial charge in [0.05, 0.1) is 5.57 Å². The molecule has 30 heavy (non-hydrogen) atoms. The van der Waals surface area contributed by atoms with Crippen molar-refractivity contribution in [2.75, 3.05) is 0 Å². The second-order valence-electron chi connectivity index (χ2n) is 8.30.